The molecule has 1 aromatic carbocycles. The number of nitrogens with two attached hydrogens (primary N) is 1. The van der Waals surface area contributed by atoms with Crippen LogP contribution in [0.25, 0.3) is 0 Å². The Balaban J connectivity index is 1.85. The summed E-state index contributed by atoms with van der Waals surface area (Å²) >= 11 is 1.50. The topological polar surface area (TPSA) is 72.5 Å². The molecular weight excluding hydrogens is 358 g/mol. The predicted octanol–water partition coefficient (Wildman–Crippen LogP) is 4.11. The zero-order valence-corrected chi connectivity index (χ0v) is 17.6. The quantitative estimate of drug-likeness (QED) is 0.600. The molecule has 148 valence electrons. The Kier molecular flexibility index (Phi) is 7.74. The molecule has 0 spiro atoms. The molecule has 5 heteroatoms. The number of aliphatic hydroxyl groups excluding tert-OH is 1. The monoisotopic (exact) mass is 389 g/mol. The molecule has 0 saturated heterocycles. The lowest BCUT2D eigenvalue weighted by Crippen LogP contribution is -2.44. The van der Waals surface area contributed by atoms with Gasteiger partial charge in [0.1, 0.15) is 0 Å². The number of carbonyl (C=O) groups is 1. The Bertz CT molecular complexity index is 780. The van der Waals surface area contributed by atoms with E-state index in [4.69, 9.17) is 15.6 Å². The highest BCUT2D eigenvalue weighted by molar-refractivity contribution is 7.14. The summed E-state index contributed by atoms with van der Waals surface area (Å²) in [6.07, 6.45) is 2.33. The van der Waals surface area contributed by atoms with Gasteiger partial charge in [-0.15, -0.1) is 11.3 Å². The minimum absolute atomic E-state index is 0.124. The molecule has 0 amide bonds. The van der Waals surface area contributed by atoms with E-state index in [9.17, 15) is 4.79 Å². The van der Waals surface area contributed by atoms with Crippen molar-refractivity contribution in [2.24, 2.45) is 5.73 Å². The van der Waals surface area contributed by atoms with Gasteiger partial charge in [0.05, 0.1) is 30.2 Å². The normalized spacial score (nSPS) is 13.6. The lowest BCUT2D eigenvalue weighted by Gasteiger charge is -2.21. The smallest absolute Gasteiger partial charge is 0.172 e. The summed E-state index contributed by atoms with van der Waals surface area (Å²) in [6.45, 7) is 8.55. The van der Waals surface area contributed by atoms with Crippen molar-refractivity contribution in [2.75, 3.05) is 13.2 Å². The van der Waals surface area contributed by atoms with Crippen LogP contribution in [0.5, 0.6) is 0 Å². The van der Waals surface area contributed by atoms with Crippen LogP contribution < -0.4 is 5.73 Å². The van der Waals surface area contributed by atoms with Crippen LogP contribution in [0, 0.1) is 20.8 Å². The van der Waals surface area contributed by atoms with Gasteiger partial charge in [0.2, 0.25) is 0 Å². The van der Waals surface area contributed by atoms with Crippen LogP contribution in [0.1, 0.15) is 56.6 Å². The third kappa shape index (κ3) is 6.54. The van der Waals surface area contributed by atoms with Crippen molar-refractivity contribution in [2.45, 2.75) is 59.1 Å². The first-order valence-electron chi connectivity index (χ1n) is 9.38. The van der Waals surface area contributed by atoms with Crippen LogP contribution in [-0.4, -0.2) is 29.6 Å². The van der Waals surface area contributed by atoms with Gasteiger partial charge in [-0.3, -0.25) is 4.79 Å². The average molecular weight is 390 g/mol. The molecule has 1 atom stereocenters. The van der Waals surface area contributed by atoms with E-state index in [2.05, 4.69) is 32.0 Å². The molecule has 1 unspecified atom stereocenters. The number of thiophene rings is 1. The van der Waals surface area contributed by atoms with Crippen molar-refractivity contribution in [3.8, 4) is 0 Å². The first-order valence-corrected chi connectivity index (χ1v) is 10.2. The Morgan fingerprint density at radius 1 is 1.19 bits per heavy atom. The molecule has 0 radical (unpaired) electrons. The molecule has 1 aromatic heterocycles. The third-order valence-corrected chi connectivity index (χ3v) is 6.01. The Morgan fingerprint density at radius 3 is 2.59 bits per heavy atom. The molecule has 0 aliphatic rings. The highest BCUT2D eigenvalue weighted by Crippen LogP contribution is 2.25. The van der Waals surface area contributed by atoms with Crippen molar-refractivity contribution in [3.63, 3.8) is 0 Å². The van der Waals surface area contributed by atoms with E-state index < -0.39 is 5.54 Å². The number of Topliss-reactive ketones (excluding diaryl/α,β-unsaturated/α-hetero) is 1. The molecular formula is C22H31NO3S. The molecule has 2 aromatic rings. The zero-order valence-electron chi connectivity index (χ0n) is 16.8. The average Bonchev–Trinajstić information content (AvgIpc) is 2.99. The SMILES string of the molecule is Cc1ccc(CCCC(=O)c2cc(C)c(COCC(C)(N)CO)s2)cc1C. The van der Waals surface area contributed by atoms with Crippen LogP contribution in [0.2, 0.25) is 0 Å². The van der Waals surface area contributed by atoms with Crippen LogP contribution in [-0.2, 0) is 17.8 Å². The number of aliphatic hydroxyl groups is 1. The Hall–Kier alpha value is -1.53. The molecule has 0 aliphatic heterocycles. The fraction of sp³-hybridized carbons (Fsp3) is 0.500. The van der Waals surface area contributed by atoms with E-state index in [1.807, 2.05) is 13.0 Å². The van der Waals surface area contributed by atoms with Crippen molar-refractivity contribution >= 4 is 17.1 Å². The first-order chi connectivity index (χ1) is 12.7. The van der Waals surface area contributed by atoms with Crippen molar-refractivity contribution in [1.29, 1.82) is 0 Å². The van der Waals surface area contributed by atoms with Crippen LogP contribution in [0.4, 0.5) is 0 Å². The summed E-state index contributed by atoms with van der Waals surface area (Å²) in [4.78, 5) is 14.4. The summed E-state index contributed by atoms with van der Waals surface area (Å²) in [7, 11) is 0. The van der Waals surface area contributed by atoms with Gasteiger partial charge in [0, 0.05) is 11.3 Å². The number of ketones is 1. The van der Waals surface area contributed by atoms with E-state index in [0.717, 1.165) is 28.2 Å². The largest absolute Gasteiger partial charge is 0.394 e. The fourth-order valence-electron chi connectivity index (χ4n) is 2.76. The Morgan fingerprint density at radius 2 is 1.93 bits per heavy atom. The second-order valence-corrected chi connectivity index (χ2v) is 8.85. The minimum atomic E-state index is -0.738. The predicted molar refractivity (Wildman–Crippen MR) is 112 cm³/mol. The standard InChI is InChI=1S/C22H31NO3S/c1-15-8-9-18(10-16(15)2)6-5-7-19(25)20-11-17(3)21(27-20)12-26-14-22(4,23)13-24/h8-11,24H,5-7,12-14,23H2,1-4H3. The molecule has 27 heavy (non-hydrogen) atoms. The summed E-state index contributed by atoms with van der Waals surface area (Å²) in [6, 6.07) is 8.46. The number of hydrogen-bond donors (Lipinski definition) is 2. The van der Waals surface area contributed by atoms with Crippen molar-refractivity contribution in [3.05, 3.63) is 56.3 Å². The first kappa shape index (κ1) is 21.8. The second-order valence-electron chi connectivity index (χ2n) is 7.72. The molecule has 0 bridgehead atoms. The van der Waals surface area contributed by atoms with Crippen LogP contribution >= 0.6 is 11.3 Å². The van der Waals surface area contributed by atoms with E-state index in [1.165, 1.54) is 28.0 Å². The maximum atomic E-state index is 12.5. The lowest BCUT2D eigenvalue weighted by molar-refractivity contribution is 0.0546. The van der Waals surface area contributed by atoms with E-state index in [1.54, 1.807) is 6.92 Å². The number of hydrogen-bond acceptors (Lipinski definition) is 5. The van der Waals surface area contributed by atoms with Gasteiger partial charge in [-0.25, -0.2) is 0 Å². The molecule has 4 nitrogen and oxygen atoms in total. The molecule has 0 fully saturated rings. The number of carbonyl (C=O) groups excluding carboxylic acids is 1. The van der Waals surface area contributed by atoms with Gasteiger partial charge < -0.3 is 15.6 Å². The van der Waals surface area contributed by atoms with Crippen LogP contribution in [0.3, 0.4) is 0 Å². The molecule has 1 heterocycles. The highest BCUT2D eigenvalue weighted by Gasteiger charge is 2.18. The summed E-state index contributed by atoms with van der Waals surface area (Å²) < 4.78 is 5.62. The summed E-state index contributed by atoms with van der Waals surface area (Å²) in [5.74, 6) is 0.192. The number of rotatable bonds is 10. The number of benzene rings is 1. The van der Waals surface area contributed by atoms with Crippen molar-refractivity contribution in [1.82, 2.24) is 0 Å². The fourth-order valence-corrected chi connectivity index (χ4v) is 3.84. The summed E-state index contributed by atoms with van der Waals surface area (Å²) in [5.41, 5.74) is 10.1. The van der Waals surface area contributed by atoms with Gasteiger partial charge in [-0.05, 0) is 68.9 Å². The van der Waals surface area contributed by atoms with Gasteiger partial charge >= 0.3 is 0 Å². The summed E-state index contributed by atoms with van der Waals surface area (Å²) in [5, 5.41) is 9.17. The maximum Gasteiger partial charge on any atom is 0.172 e. The van der Waals surface area contributed by atoms with E-state index in [0.29, 0.717) is 13.0 Å². The van der Waals surface area contributed by atoms with Gasteiger partial charge in [0.25, 0.3) is 0 Å². The zero-order chi connectivity index (χ0) is 20.0. The molecule has 0 aliphatic carbocycles. The second kappa shape index (κ2) is 9.60. The van der Waals surface area contributed by atoms with Crippen LogP contribution in [0.15, 0.2) is 24.3 Å². The maximum absolute atomic E-state index is 12.5. The lowest BCUT2D eigenvalue weighted by atomic mass is 10.0. The van der Waals surface area contributed by atoms with Gasteiger partial charge in [-0.1, -0.05) is 18.2 Å². The highest BCUT2D eigenvalue weighted by atomic mass is 32.1. The molecule has 3 N–H and O–H groups in total. The van der Waals surface area contributed by atoms with Gasteiger partial charge in [0.15, 0.2) is 5.78 Å². The number of ether oxygens (including phenoxy) is 1. The molecule has 2 rings (SSSR count). The number of aryl methyl sites for hydroxylation is 4. The van der Waals surface area contributed by atoms with E-state index in [-0.39, 0.29) is 19.0 Å². The Labute approximate surface area is 166 Å². The van der Waals surface area contributed by atoms with E-state index >= 15 is 0 Å². The third-order valence-electron chi connectivity index (χ3n) is 4.76. The van der Waals surface area contributed by atoms with Crippen molar-refractivity contribution < 1.29 is 14.6 Å². The minimum Gasteiger partial charge on any atom is -0.394 e. The van der Waals surface area contributed by atoms with Gasteiger partial charge in [-0.2, -0.15) is 0 Å². The molecule has 0 saturated carbocycles.